The van der Waals surface area contributed by atoms with Gasteiger partial charge in [0, 0.05) is 0 Å². The Morgan fingerprint density at radius 3 is 2.76 bits per heavy atom. The van der Waals surface area contributed by atoms with Crippen molar-refractivity contribution in [1.82, 2.24) is 9.97 Å². The Bertz CT molecular complexity index is 389. The van der Waals surface area contributed by atoms with Gasteiger partial charge in [-0.1, -0.05) is 12.2 Å². The smallest absolute Gasteiger partial charge is 0.356 e. The van der Waals surface area contributed by atoms with Gasteiger partial charge in [-0.2, -0.15) is 0 Å². The summed E-state index contributed by atoms with van der Waals surface area (Å²) in [5, 5.41) is 20.7. The average molecular weight is 237 g/mol. The van der Waals surface area contributed by atoms with Crippen LogP contribution in [0.3, 0.4) is 0 Å². The van der Waals surface area contributed by atoms with E-state index in [0.29, 0.717) is 12.2 Å². The highest BCUT2D eigenvalue weighted by molar-refractivity contribution is 5.84. The number of hydrogen-bond donors (Lipinski definition) is 3. The van der Waals surface area contributed by atoms with Crippen LogP contribution in [-0.4, -0.2) is 38.8 Å². The molecule has 1 unspecified atom stereocenters. The highest BCUT2D eigenvalue weighted by Gasteiger charge is 2.08. The molecule has 0 radical (unpaired) electrons. The van der Waals surface area contributed by atoms with Gasteiger partial charge in [0.25, 0.3) is 0 Å². The van der Waals surface area contributed by atoms with Gasteiger partial charge in [0.05, 0.1) is 25.0 Å². The number of aromatic nitrogens is 2. The molecular formula is C11H15N3O3. The number of carboxylic acid groups (broad SMARTS) is 1. The number of carbonyl (C=O) groups is 1. The summed E-state index contributed by atoms with van der Waals surface area (Å²) in [4.78, 5) is 18.2. The van der Waals surface area contributed by atoms with E-state index in [0.717, 1.165) is 0 Å². The summed E-state index contributed by atoms with van der Waals surface area (Å²) in [5.41, 5.74) is -0.107. The second-order valence-corrected chi connectivity index (χ2v) is 3.42. The Hall–Kier alpha value is -1.95. The number of carboxylic acids is 1. The minimum atomic E-state index is -1.11. The molecule has 0 saturated heterocycles. The zero-order valence-corrected chi connectivity index (χ0v) is 9.50. The molecule has 92 valence electrons. The third-order valence-corrected chi connectivity index (χ3v) is 2.10. The molecule has 0 aliphatic carbocycles. The van der Waals surface area contributed by atoms with Crippen LogP contribution in [0.1, 0.15) is 23.8 Å². The van der Waals surface area contributed by atoms with Gasteiger partial charge in [0.1, 0.15) is 5.82 Å². The van der Waals surface area contributed by atoms with E-state index in [-0.39, 0.29) is 18.3 Å². The summed E-state index contributed by atoms with van der Waals surface area (Å²) < 4.78 is 0. The minimum Gasteiger partial charge on any atom is -0.476 e. The molecule has 6 nitrogen and oxygen atoms in total. The molecule has 1 rings (SSSR count). The molecule has 0 aromatic carbocycles. The first-order valence-electron chi connectivity index (χ1n) is 5.21. The van der Waals surface area contributed by atoms with Crippen molar-refractivity contribution in [2.24, 2.45) is 0 Å². The fourth-order valence-corrected chi connectivity index (χ4v) is 1.20. The van der Waals surface area contributed by atoms with Crippen molar-refractivity contribution in [1.29, 1.82) is 0 Å². The quantitative estimate of drug-likeness (QED) is 0.636. The van der Waals surface area contributed by atoms with Crippen LogP contribution in [0.5, 0.6) is 0 Å². The van der Waals surface area contributed by atoms with Crippen molar-refractivity contribution in [3.05, 3.63) is 30.2 Å². The topological polar surface area (TPSA) is 95.3 Å². The van der Waals surface area contributed by atoms with Crippen molar-refractivity contribution in [3.8, 4) is 0 Å². The molecule has 1 aromatic heterocycles. The number of aliphatic hydroxyl groups is 1. The normalized spacial score (nSPS) is 12.6. The monoisotopic (exact) mass is 237 g/mol. The second kappa shape index (κ2) is 6.59. The summed E-state index contributed by atoms with van der Waals surface area (Å²) in [6.45, 7) is 1.86. The highest BCUT2D eigenvalue weighted by atomic mass is 16.4. The van der Waals surface area contributed by atoms with Crippen LogP contribution < -0.4 is 5.32 Å². The molecule has 0 aliphatic heterocycles. The Kier molecular flexibility index (Phi) is 5.09. The average Bonchev–Trinajstić information content (AvgIpc) is 2.35. The first-order chi connectivity index (χ1) is 8.17. The van der Waals surface area contributed by atoms with E-state index in [1.54, 1.807) is 0 Å². The molecule has 1 aromatic rings. The predicted molar refractivity (Wildman–Crippen MR) is 62.9 cm³/mol. The Labute approximate surface area is 99.0 Å². The first-order valence-corrected chi connectivity index (χ1v) is 5.21. The predicted octanol–water partition coefficient (Wildman–Crippen LogP) is 0.914. The number of aliphatic hydroxyl groups excluding tert-OH is 1. The van der Waals surface area contributed by atoms with E-state index in [9.17, 15) is 4.79 Å². The Morgan fingerprint density at radius 1 is 1.53 bits per heavy atom. The van der Waals surface area contributed by atoms with Crippen molar-refractivity contribution < 1.29 is 15.0 Å². The van der Waals surface area contributed by atoms with Crippen LogP contribution >= 0.6 is 0 Å². The van der Waals surface area contributed by atoms with Crippen LogP contribution in [0.15, 0.2) is 24.5 Å². The van der Waals surface area contributed by atoms with Crippen molar-refractivity contribution >= 4 is 11.8 Å². The molecule has 0 aliphatic rings. The summed E-state index contributed by atoms with van der Waals surface area (Å²) in [5.74, 6) is -0.671. The molecule has 17 heavy (non-hydrogen) atoms. The molecule has 0 bridgehead atoms. The molecule has 0 amide bonds. The highest BCUT2D eigenvalue weighted by Crippen LogP contribution is 2.06. The maximum atomic E-state index is 10.6. The van der Waals surface area contributed by atoms with Crippen LogP contribution in [0, 0.1) is 0 Å². The van der Waals surface area contributed by atoms with Gasteiger partial charge >= 0.3 is 5.97 Å². The molecule has 1 heterocycles. The fourth-order valence-electron chi connectivity index (χ4n) is 1.20. The lowest BCUT2D eigenvalue weighted by molar-refractivity contribution is 0.0690. The Morgan fingerprint density at radius 2 is 2.29 bits per heavy atom. The van der Waals surface area contributed by atoms with Crippen LogP contribution in [0.4, 0.5) is 5.82 Å². The summed E-state index contributed by atoms with van der Waals surface area (Å²) in [6.07, 6.45) is 6.99. The number of aromatic carboxylic acids is 1. The lowest BCUT2D eigenvalue weighted by Gasteiger charge is -2.14. The molecule has 0 saturated carbocycles. The largest absolute Gasteiger partial charge is 0.476 e. The first kappa shape index (κ1) is 13.1. The van der Waals surface area contributed by atoms with Crippen LogP contribution in [0.25, 0.3) is 0 Å². The van der Waals surface area contributed by atoms with Crippen molar-refractivity contribution in [2.75, 3.05) is 11.9 Å². The fraction of sp³-hybridized carbons (Fsp3) is 0.364. The number of hydrogen-bond acceptors (Lipinski definition) is 5. The van der Waals surface area contributed by atoms with Crippen molar-refractivity contribution in [2.45, 2.75) is 19.4 Å². The van der Waals surface area contributed by atoms with Crippen LogP contribution in [0.2, 0.25) is 0 Å². The van der Waals surface area contributed by atoms with Crippen molar-refractivity contribution in [3.63, 3.8) is 0 Å². The zero-order chi connectivity index (χ0) is 12.7. The second-order valence-electron chi connectivity index (χ2n) is 3.42. The SMILES string of the molecule is C/C=C/CC(CO)Nc1cnc(C(=O)O)cn1. The van der Waals surface area contributed by atoms with Gasteiger partial charge < -0.3 is 15.5 Å². The third kappa shape index (κ3) is 4.20. The number of rotatable bonds is 6. The van der Waals surface area contributed by atoms with Gasteiger partial charge in [-0.3, -0.25) is 0 Å². The van der Waals surface area contributed by atoms with E-state index in [1.165, 1.54) is 12.4 Å². The Balaban J connectivity index is 2.63. The van der Waals surface area contributed by atoms with Gasteiger partial charge in [-0.15, -0.1) is 0 Å². The van der Waals surface area contributed by atoms with Gasteiger partial charge in [0.15, 0.2) is 5.69 Å². The molecule has 1 atom stereocenters. The van der Waals surface area contributed by atoms with E-state index in [1.807, 2.05) is 19.1 Å². The minimum absolute atomic E-state index is 0.0350. The molecule has 0 fully saturated rings. The maximum Gasteiger partial charge on any atom is 0.356 e. The van der Waals surface area contributed by atoms with Gasteiger partial charge in [-0.05, 0) is 13.3 Å². The number of anilines is 1. The maximum absolute atomic E-state index is 10.6. The van der Waals surface area contributed by atoms with Gasteiger partial charge in [-0.25, -0.2) is 14.8 Å². The summed E-state index contributed by atoms with van der Waals surface area (Å²) in [7, 11) is 0. The van der Waals surface area contributed by atoms with Crippen LogP contribution in [-0.2, 0) is 0 Å². The lowest BCUT2D eigenvalue weighted by Crippen LogP contribution is -2.23. The molecular weight excluding hydrogens is 222 g/mol. The van der Waals surface area contributed by atoms with E-state index in [2.05, 4.69) is 15.3 Å². The number of nitrogens with zero attached hydrogens (tertiary/aromatic N) is 2. The molecule has 6 heteroatoms. The van der Waals surface area contributed by atoms with E-state index in [4.69, 9.17) is 10.2 Å². The third-order valence-electron chi connectivity index (χ3n) is 2.10. The summed E-state index contributed by atoms with van der Waals surface area (Å²) >= 11 is 0. The van der Waals surface area contributed by atoms with Gasteiger partial charge in [0.2, 0.25) is 0 Å². The zero-order valence-electron chi connectivity index (χ0n) is 9.50. The lowest BCUT2D eigenvalue weighted by atomic mass is 10.2. The number of allylic oxidation sites excluding steroid dienone is 1. The molecule has 3 N–H and O–H groups in total. The standard InChI is InChI=1S/C11H15N3O3/c1-2-3-4-8(7-15)14-10-6-12-9(5-13-10)11(16)17/h2-3,5-6,8,15H,4,7H2,1H3,(H,13,14)(H,16,17)/b3-2+. The number of nitrogens with one attached hydrogen (secondary N) is 1. The molecule has 0 spiro atoms. The summed E-state index contributed by atoms with van der Waals surface area (Å²) in [6, 6.07) is -0.156. The van der Waals surface area contributed by atoms with E-state index < -0.39 is 5.97 Å². The van der Waals surface area contributed by atoms with E-state index >= 15 is 0 Å².